The van der Waals surface area contributed by atoms with Gasteiger partial charge in [-0.1, -0.05) is 41.7 Å². The van der Waals surface area contributed by atoms with Crippen molar-refractivity contribution in [2.45, 2.75) is 33.4 Å². The number of rotatable bonds is 10. The predicted octanol–water partition coefficient (Wildman–Crippen LogP) is 4.57. The number of amides is 1. The molecule has 0 aliphatic carbocycles. The number of para-hydroxylation sites is 1. The minimum atomic E-state index is -0.788. The summed E-state index contributed by atoms with van der Waals surface area (Å²) in [6.07, 6.45) is 1.79. The van der Waals surface area contributed by atoms with Crippen LogP contribution in [0.5, 0.6) is 17.2 Å². The molecule has 0 bridgehead atoms. The molecule has 1 aromatic heterocycles. The largest absolute Gasteiger partial charge is 0.497 e. The number of nitriles is 1. The van der Waals surface area contributed by atoms with Crippen LogP contribution in [0.1, 0.15) is 49.1 Å². The first-order valence-corrected chi connectivity index (χ1v) is 15.4. The van der Waals surface area contributed by atoms with E-state index in [4.69, 9.17) is 24.5 Å². The van der Waals surface area contributed by atoms with Gasteiger partial charge in [0.1, 0.15) is 29.9 Å². The smallest absolute Gasteiger partial charge is 0.271 e. The molecule has 2 heterocycles. The summed E-state index contributed by atoms with van der Waals surface area (Å²) in [4.78, 5) is 35.2. The fraction of sp³-hybridized carbons (Fsp3) is 0.257. The van der Waals surface area contributed by atoms with Crippen molar-refractivity contribution in [3.63, 3.8) is 0 Å². The number of benzene rings is 3. The Morgan fingerprint density at radius 2 is 1.78 bits per heavy atom. The van der Waals surface area contributed by atoms with Crippen LogP contribution < -0.4 is 29.1 Å². The van der Waals surface area contributed by atoms with Gasteiger partial charge >= 0.3 is 0 Å². The van der Waals surface area contributed by atoms with E-state index in [0.29, 0.717) is 68.7 Å². The van der Waals surface area contributed by atoms with Crippen LogP contribution in [-0.4, -0.2) is 42.7 Å². The highest BCUT2D eigenvalue weighted by Crippen LogP contribution is 2.38. The Labute approximate surface area is 265 Å². The molecule has 0 spiro atoms. The molecular formula is C35H34N4O5S. The van der Waals surface area contributed by atoms with E-state index in [9.17, 15) is 9.59 Å². The topological polar surface area (TPSA) is 106 Å². The molecular weight excluding hydrogens is 588 g/mol. The monoisotopic (exact) mass is 622 g/mol. The van der Waals surface area contributed by atoms with Gasteiger partial charge in [0.25, 0.3) is 11.5 Å². The number of hydrogen-bond donors (Lipinski definition) is 0. The molecule has 9 nitrogen and oxygen atoms in total. The lowest BCUT2D eigenvalue weighted by Crippen LogP contribution is -2.43. The molecule has 0 fully saturated rings. The highest BCUT2D eigenvalue weighted by Gasteiger charge is 2.36. The van der Waals surface area contributed by atoms with Gasteiger partial charge in [0.15, 0.2) is 4.80 Å². The standard InChI is InChI=1S/C35H34N4O5S/c1-6-38(7-2)34(41)31-22(3)37-35-39(32(31)27-19-26(42-4)16-17-29(27)43-5)33(40)30(45-35)18-25-10-8-9-11-28(25)44-21-24-14-12-23(20-36)13-15-24/h8-19,32H,6-7,21H2,1-5H3/b30-18+/t32-/m1/s1. The number of methoxy groups -OCH3 is 2. The third-order valence-corrected chi connectivity index (χ3v) is 8.70. The maximum Gasteiger partial charge on any atom is 0.271 e. The quantitative estimate of drug-likeness (QED) is 0.257. The number of likely N-dealkylation sites (N-methyl/N-ethyl adjacent to an activating group) is 1. The number of fused-ring (bicyclic) bond motifs is 1. The number of allylic oxidation sites excluding steroid dienone is 1. The molecule has 1 amide bonds. The first-order valence-electron chi connectivity index (χ1n) is 14.6. The molecule has 1 atom stereocenters. The number of carbonyl (C=O) groups excluding carboxylic acids is 1. The zero-order valence-electron chi connectivity index (χ0n) is 25.9. The number of nitrogens with zero attached hydrogens (tertiary/aromatic N) is 4. The van der Waals surface area contributed by atoms with Gasteiger partial charge in [0, 0.05) is 24.2 Å². The molecule has 4 aromatic rings. The summed E-state index contributed by atoms with van der Waals surface area (Å²) >= 11 is 1.25. The molecule has 1 aliphatic heterocycles. The summed E-state index contributed by atoms with van der Waals surface area (Å²) in [6.45, 7) is 6.97. The van der Waals surface area contributed by atoms with Gasteiger partial charge in [-0.3, -0.25) is 14.2 Å². The normalized spacial score (nSPS) is 14.3. The molecule has 0 saturated heterocycles. The van der Waals surface area contributed by atoms with E-state index in [2.05, 4.69) is 6.07 Å². The third kappa shape index (κ3) is 6.26. The van der Waals surface area contributed by atoms with Crippen molar-refractivity contribution in [1.29, 1.82) is 5.26 Å². The van der Waals surface area contributed by atoms with Gasteiger partial charge in [0.05, 0.1) is 41.7 Å². The maximum atomic E-state index is 14.3. The highest BCUT2D eigenvalue weighted by molar-refractivity contribution is 7.07. The van der Waals surface area contributed by atoms with Crippen molar-refractivity contribution >= 4 is 23.3 Å². The molecule has 0 N–H and O–H groups in total. The first-order chi connectivity index (χ1) is 21.8. The highest BCUT2D eigenvalue weighted by atomic mass is 32.1. The van der Waals surface area contributed by atoms with Crippen molar-refractivity contribution in [2.24, 2.45) is 4.99 Å². The van der Waals surface area contributed by atoms with E-state index in [0.717, 1.165) is 11.1 Å². The Morgan fingerprint density at radius 3 is 2.44 bits per heavy atom. The van der Waals surface area contributed by atoms with E-state index < -0.39 is 6.04 Å². The minimum absolute atomic E-state index is 0.188. The SMILES string of the molecule is CCN(CC)C(=O)C1=C(C)N=c2s/c(=C/c3ccccc3OCc3ccc(C#N)cc3)c(=O)n2[C@@H]1c1cc(OC)ccc1OC. The second kappa shape index (κ2) is 13.7. The molecule has 0 radical (unpaired) electrons. The van der Waals surface area contributed by atoms with Gasteiger partial charge < -0.3 is 19.1 Å². The summed E-state index contributed by atoms with van der Waals surface area (Å²) < 4.78 is 19.4. The molecule has 45 heavy (non-hydrogen) atoms. The number of ether oxygens (including phenoxy) is 3. The van der Waals surface area contributed by atoms with Crippen LogP contribution in [0.2, 0.25) is 0 Å². The van der Waals surface area contributed by atoms with Gasteiger partial charge in [-0.15, -0.1) is 0 Å². The summed E-state index contributed by atoms with van der Waals surface area (Å²) in [6, 6.07) is 21.4. The van der Waals surface area contributed by atoms with Gasteiger partial charge in [0.2, 0.25) is 0 Å². The lowest BCUT2D eigenvalue weighted by atomic mass is 9.93. The summed E-state index contributed by atoms with van der Waals surface area (Å²) in [5, 5.41) is 9.08. The Hall–Kier alpha value is -5.14. The average Bonchev–Trinajstić information content (AvgIpc) is 3.37. The lowest BCUT2D eigenvalue weighted by molar-refractivity contribution is -0.127. The minimum Gasteiger partial charge on any atom is -0.497 e. The Kier molecular flexibility index (Phi) is 9.50. The van der Waals surface area contributed by atoms with Gasteiger partial charge in [-0.25, -0.2) is 4.99 Å². The Balaban J connectivity index is 1.64. The van der Waals surface area contributed by atoms with Crippen LogP contribution in [0.3, 0.4) is 0 Å². The second-order valence-electron chi connectivity index (χ2n) is 10.3. The van der Waals surface area contributed by atoms with Gasteiger partial charge in [-0.2, -0.15) is 5.26 Å². The van der Waals surface area contributed by atoms with E-state index in [-0.39, 0.29) is 11.5 Å². The fourth-order valence-corrected chi connectivity index (χ4v) is 6.37. The molecule has 230 valence electrons. The van der Waals surface area contributed by atoms with Crippen molar-refractivity contribution < 1.29 is 19.0 Å². The van der Waals surface area contributed by atoms with Crippen molar-refractivity contribution in [3.8, 4) is 23.3 Å². The molecule has 3 aromatic carbocycles. The van der Waals surface area contributed by atoms with Crippen LogP contribution in [0.4, 0.5) is 0 Å². The predicted molar refractivity (Wildman–Crippen MR) is 173 cm³/mol. The molecule has 1 aliphatic rings. The lowest BCUT2D eigenvalue weighted by Gasteiger charge is -2.30. The van der Waals surface area contributed by atoms with Crippen LogP contribution in [0, 0.1) is 11.3 Å². The average molecular weight is 623 g/mol. The third-order valence-electron chi connectivity index (χ3n) is 7.72. The molecule has 0 unspecified atom stereocenters. The number of aromatic nitrogens is 1. The van der Waals surface area contributed by atoms with Crippen molar-refractivity contribution in [3.05, 3.63) is 120 Å². The fourth-order valence-electron chi connectivity index (χ4n) is 5.33. The van der Waals surface area contributed by atoms with Crippen LogP contribution in [0.25, 0.3) is 6.08 Å². The molecule has 0 saturated carbocycles. The Bertz CT molecular complexity index is 1980. The van der Waals surface area contributed by atoms with Crippen molar-refractivity contribution in [2.75, 3.05) is 27.3 Å². The zero-order chi connectivity index (χ0) is 32.1. The van der Waals surface area contributed by atoms with Crippen molar-refractivity contribution in [1.82, 2.24) is 9.47 Å². The Morgan fingerprint density at radius 1 is 1.04 bits per heavy atom. The van der Waals surface area contributed by atoms with E-state index in [1.54, 1.807) is 67.0 Å². The maximum absolute atomic E-state index is 14.3. The number of thiazole rings is 1. The summed E-state index contributed by atoms with van der Waals surface area (Å²) in [5.74, 6) is 1.52. The van der Waals surface area contributed by atoms with E-state index in [1.165, 1.54) is 11.3 Å². The first kappa shape index (κ1) is 31.3. The molecule has 5 rings (SSSR count). The van der Waals surface area contributed by atoms with Crippen LogP contribution >= 0.6 is 11.3 Å². The van der Waals surface area contributed by atoms with E-state index >= 15 is 0 Å². The summed E-state index contributed by atoms with van der Waals surface area (Å²) in [7, 11) is 3.13. The second-order valence-corrected chi connectivity index (χ2v) is 11.3. The number of carbonyl (C=O) groups is 1. The molecule has 10 heteroatoms. The summed E-state index contributed by atoms with van der Waals surface area (Å²) in [5.41, 5.74) is 3.51. The zero-order valence-corrected chi connectivity index (χ0v) is 26.7. The van der Waals surface area contributed by atoms with E-state index in [1.807, 2.05) is 50.2 Å². The number of hydrogen-bond acceptors (Lipinski definition) is 8. The van der Waals surface area contributed by atoms with Crippen LogP contribution in [-0.2, 0) is 11.4 Å². The van der Waals surface area contributed by atoms with Gasteiger partial charge in [-0.05, 0) is 68.8 Å². The van der Waals surface area contributed by atoms with Crippen LogP contribution in [0.15, 0.2) is 87.8 Å².